The Balaban J connectivity index is 1.56. The molecule has 1 fully saturated rings. The molecule has 1 unspecified atom stereocenters. The van der Waals surface area contributed by atoms with Gasteiger partial charge in [0.1, 0.15) is 6.61 Å². The van der Waals surface area contributed by atoms with Gasteiger partial charge >= 0.3 is 0 Å². The Kier molecular flexibility index (Phi) is 8.60. The van der Waals surface area contributed by atoms with Crippen molar-refractivity contribution in [2.45, 2.75) is 56.3 Å². The van der Waals surface area contributed by atoms with Gasteiger partial charge in [-0.1, -0.05) is 54.8 Å². The van der Waals surface area contributed by atoms with Crippen molar-refractivity contribution in [2.24, 2.45) is 0 Å². The average Bonchev–Trinajstić information content (AvgIpc) is 2.94. The highest BCUT2D eigenvalue weighted by atomic mass is 35.5. The van der Waals surface area contributed by atoms with Crippen LogP contribution in [0.5, 0.6) is 0 Å². The Morgan fingerprint density at radius 3 is 2.49 bits per heavy atom. The Morgan fingerprint density at radius 1 is 1.05 bits per heavy atom. The number of rotatable bonds is 8. The third-order valence-electron chi connectivity index (χ3n) is 7.58. The van der Waals surface area contributed by atoms with Crippen LogP contribution in [0.3, 0.4) is 0 Å². The van der Waals surface area contributed by atoms with Gasteiger partial charge in [-0.3, -0.25) is 19.2 Å². The van der Waals surface area contributed by atoms with Crippen molar-refractivity contribution >= 4 is 33.4 Å². The molecule has 2 aromatic carbocycles. The van der Waals surface area contributed by atoms with E-state index in [9.17, 15) is 22.8 Å². The van der Waals surface area contributed by atoms with Crippen LogP contribution in [0.2, 0.25) is 5.02 Å². The van der Waals surface area contributed by atoms with E-state index in [4.69, 9.17) is 16.4 Å². The van der Waals surface area contributed by atoms with E-state index in [1.165, 1.54) is 12.3 Å². The third kappa shape index (κ3) is 6.54. The number of fused-ring (bicyclic) bond motifs is 1. The van der Waals surface area contributed by atoms with Crippen LogP contribution in [0.25, 0.3) is 0 Å². The molecule has 0 saturated heterocycles. The van der Waals surface area contributed by atoms with E-state index in [0.717, 1.165) is 19.1 Å². The predicted molar refractivity (Wildman–Crippen MR) is 154 cm³/mol. The van der Waals surface area contributed by atoms with Crippen molar-refractivity contribution in [3.8, 4) is 0 Å². The van der Waals surface area contributed by atoms with Gasteiger partial charge in [0.2, 0.25) is 15.6 Å². The van der Waals surface area contributed by atoms with E-state index < -0.39 is 40.0 Å². The number of amides is 2. The standard InChI is InChI=1S/C29H31ClN4O6S/c1-41(38,39)33-23-8-4-5-9-24(23)34-27(19-11-13-20(30)14-12-19)26(21-6-2-3-7-22(21)29(34)37)28(36)32-40-17-18-10-15-25(35)31-16-18/h2-3,6-7,10-16,23-24,26-27,33H,4-5,8-9,17H2,1H3,(H,31,35)(H,32,36)/t23-,24?,26+,27-/m0/s1. The number of carbonyl (C=O) groups is 2. The molecule has 1 aromatic heterocycles. The monoisotopic (exact) mass is 598 g/mol. The van der Waals surface area contributed by atoms with E-state index >= 15 is 0 Å². The third-order valence-corrected chi connectivity index (χ3v) is 8.57. The molecule has 5 rings (SSSR count). The van der Waals surface area contributed by atoms with Crippen LogP contribution in [0, 0.1) is 0 Å². The fourth-order valence-corrected chi connectivity index (χ4v) is 6.81. The lowest BCUT2D eigenvalue weighted by Crippen LogP contribution is -2.59. The van der Waals surface area contributed by atoms with Gasteiger partial charge in [0, 0.05) is 34.9 Å². The van der Waals surface area contributed by atoms with E-state index in [-0.39, 0.29) is 18.1 Å². The number of sulfonamides is 1. The number of hydrogen-bond donors (Lipinski definition) is 3. The lowest BCUT2D eigenvalue weighted by Gasteiger charge is -2.49. The van der Waals surface area contributed by atoms with E-state index in [2.05, 4.69) is 15.2 Å². The van der Waals surface area contributed by atoms with Crippen LogP contribution >= 0.6 is 11.6 Å². The molecular weight excluding hydrogens is 568 g/mol. The van der Waals surface area contributed by atoms with Crippen LogP contribution < -0.4 is 15.8 Å². The van der Waals surface area contributed by atoms with Crippen LogP contribution in [0.15, 0.2) is 71.7 Å². The first-order chi connectivity index (χ1) is 19.6. The van der Waals surface area contributed by atoms with Crippen LogP contribution in [0.4, 0.5) is 0 Å². The van der Waals surface area contributed by atoms with Crippen molar-refractivity contribution < 1.29 is 22.8 Å². The number of nitrogens with zero attached hydrogens (tertiary/aromatic N) is 1. The summed E-state index contributed by atoms with van der Waals surface area (Å²) >= 11 is 6.20. The van der Waals surface area contributed by atoms with Crippen LogP contribution in [-0.4, -0.2) is 48.5 Å². The minimum Gasteiger partial charge on any atom is -0.329 e. The molecule has 2 amide bonds. The molecule has 4 atom stereocenters. The minimum atomic E-state index is -3.56. The maximum absolute atomic E-state index is 14.2. The zero-order valence-electron chi connectivity index (χ0n) is 22.4. The molecule has 1 saturated carbocycles. The second-order valence-corrected chi connectivity index (χ2v) is 12.7. The molecule has 216 valence electrons. The Labute approximate surface area is 243 Å². The lowest BCUT2D eigenvalue weighted by molar-refractivity contribution is -0.138. The summed E-state index contributed by atoms with van der Waals surface area (Å²) in [4.78, 5) is 49.3. The molecule has 2 aliphatic rings. The summed E-state index contributed by atoms with van der Waals surface area (Å²) in [7, 11) is -3.56. The molecule has 3 N–H and O–H groups in total. The lowest BCUT2D eigenvalue weighted by atomic mass is 9.76. The quantitative estimate of drug-likeness (QED) is 0.340. The van der Waals surface area contributed by atoms with Gasteiger partial charge in [-0.05, 0) is 53.8 Å². The summed E-state index contributed by atoms with van der Waals surface area (Å²) in [6.07, 6.45) is 5.37. The first kappa shape index (κ1) is 29.0. The van der Waals surface area contributed by atoms with Crippen LogP contribution in [0.1, 0.15) is 64.7 Å². The summed E-state index contributed by atoms with van der Waals surface area (Å²) < 4.78 is 27.3. The maximum Gasteiger partial charge on any atom is 0.255 e. The van der Waals surface area contributed by atoms with Gasteiger partial charge < -0.3 is 9.88 Å². The van der Waals surface area contributed by atoms with Crippen molar-refractivity contribution in [1.29, 1.82) is 0 Å². The Bertz CT molecular complexity index is 1570. The summed E-state index contributed by atoms with van der Waals surface area (Å²) in [5, 5.41) is 0.502. The molecule has 12 heteroatoms. The number of hydroxylamine groups is 1. The summed E-state index contributed by atoms with van der Waals surface area (Å²) in [6, 6.07) is 15.1. The topological polar surface area (TPSA) is 138 Å². The largest absolute Gasteiger partial charge is 0.329 e. The first-order valence-corrected chi connectivity index (χ1v) is 15.6. The second kappa shape index (κ2) is 12.2. The van der Waals surface area contributed by atoms with Gasteiger partial charge in [0.15, 0.2) is 0 Å². The fraction of sp³-hybridized carbons (Fsp3) is 0.345. The predicted octanol–water partition coefficient (Wildman–Crippen LogP) is 3.42. The second-order valence-electron chi connectivity index (χ2n) is 10.4. The summed E-state index contributed by atoms with van der Waals surface area (Å²) in [6.45, 7) is 0.00806. The van der Waals surface area contributed by atoms with E-state index in [1.807, 2.05) is 0 Å². The SMILES string of the molecule is CS(=O)(=O)N[C@H]1CCCCC1N1C(=O)c2ccccc2[C@@H](C(=O)NOCc2ccc(=O)[nH]c2)[C@@H]1c1ccc(Cl)cc1. The Hall–Kier alpha value is -3.51. The molecule has 0 spiro atoms. The zero-order valence-corrected chi connectivity index (χ0v) is 24.0. The number of hydrogen-bond acceptors (Lipinski definition) is 6. The number of halogens is 1. The highest BCUT2D eigenvalue weighted by Gasteiger charge is 2.49. The van der Waals surface area contributed by atoms with Crippen LogP contribution in [-0.2, 0) is 26.3 Å². The molecule has 3 aromatic rings. The molecular formula is C29H31ClN4O6S. The number of benzene rings is 2. The summed E-state index contributed by atoms with van der Waals surface area (Å²) in [5.74, 6) is -1.62. The number of carbonyl (C=O) groups excluding carboxylic acids is 2. The molecule has 0 bridgehead atoms. The molecule has 41 heavy (non-hydrogen) atoms. The van der Waals surface area contributed by atoms with Crippen molar-refractivity contribution in [1.82, 2.24) is 20.1 Å². The molecule has 1 aliphatic heterocycles. The van der Waals surface area contributed by atoms with Crippen molar-refractivity contribution in [3.63, 3.8) is 0 Å². The highest BCUT2D eigenvalue weighted by Crippen LogP contribution is 2.46. The summed E-state index contributed by atoms with van der Waals surface area (Å²) in [5.41, 5.74) is 4.55. The Morgan fingerprint density at radius 2 is 1.78 bits per heavy atom. The van der Waals surface area contributed by atoms with Crippen molar-refractivity contribution in [2.75, 3.05) is 6.26 Å². The number of H-pyrrole nitrogens is 1. The van der Waals surface area contributed by atoms with Gasteiger partial charge in [-0.2, -0.15) is 0 Å². The number of aromatic nitrogens is 1. The number of pyridine rings is 1. The smallest absolute Gasteiger partial charge is 0.255 e. The van der Waals surface area contributed by atoms with E-state index in [0.29, 0.717) is 40.1 Å². The van der Waals surface area contributed by atoms with Gasteiger partial charge in [0.05, 0.1) is 18.2 Å². The van der Waals surface area contributed by atoms with Gasteiger partial charge in [-0.15, -0.1) is 0 Å². The van der Waals surface area contributed by atoms with Gasteiger partial charge in [-0.25, -0.2) is 18.6 Å². The molecule has 1 aliphatic carbocycles. The van der Waals surface area contributed by atoms with Crippen molar-refractivity contribution in [3.05, 3.63) is 104 Å². The molecule has 2 heterocycles. The molecule has 0 radical (unpaired) electrons. The number of aromatic amines is 1. The first-order valence-electron chi connectivity index (χ1n) is 13.4. The van der Waals surface area contributed by atoms with E-state index in [1.54, 1.807) is 59.5 Å². The highest BCUT2D eigenvalue weighted by molar-refractivity contribution is 7.88. The minimum absolute atomic E-state index is 0.00806. The normalized spacial score (nSPS) is 22.7. The number of nitrogens with one attached hydrogen (secondary N) is 3. The van der Waals surface area contributed by atoms with Gasteiger partial charge in [0.25, 0.3) is 11.8 Å². The zero-order chi connectivity index (χ0) is 29.1. The molecule has 10 nitrogen and oxygen atoms in total. The fourth-order valence-electron chi connectivity index (χ4n) is 5.86. The average molecular weight is 599 g/mol. The maximum atomic E-state index is 14.2.